The number of benzene rings is 3. The van der Waals surface area contributed by atoms with Gasteiger partial charge in [-0.25, -0.2) is 4.68 Å². The zero-order chi connectivity index (χ0) is 26.9. The van der Waals surface area contributed by atoms with Gasteiger partial charge in [-0.2, -0.15) is 5.10 Å². The van der Waals surface area contributed by atoms with Gasteiger partial charge < -0.3 is 15.0 Å². The second-order valence-electron chi connectivity index (χ2n) is 9.13. The zero-order valence-electron chi connectivity index (χ0n) is 22.2. The maximum atomic E-state index is 13.4. The molecular formula is C31H34N4O3. The monoisotopic (exact) mass is 510 g/mol. The van der Waals surface area contributed by atoms with Crippen LogP contribution in [0.25, 0.3) is 16.8 Å². The molecule has 7 nitrogen and oxygen atoms in total. The van der Waals surface area contributed by atoms with Crippen molar-refractivity contribution in [3.8, 4) is 22.6 Å². The number of hydrogen-bond acceptors (Lipinski definition) is 4. The molecule has 7 heteroatoms. The van der Waals surface area contributed by atoms with Crippen LogP contribution >= 0.6 is 0 Å². The number of anilines is 1. The number of nitrogens with zero attached hydrogens (tertiary/aromatic N) is 3. The Hall–Kier alpha value is -4.39. The summed E-state index contributed by atoms with van der Waals surface area (Å²) in [6.45, 7) is 4.42. The highest BCUT2D eigenvalue weighted by molar-refractivity contribution is 5.98. The van der Waals surface area contributed by atoms with E-state index < -0.39 is 0 Å². The molecule has 0 aliphatic carbocycles. The fourth-order valence-electron chi connectivity index (χ4n) is 4.46. The fraction of sp³-hybridized carbons (Fsp3) is 0.258. The van der Waals surface area contributed by atoms with Gasteiger partial charge in [-0.3, -0.25) is 9.59 Å². The molecule has 0 fully saturated rings. The molecule has 3 aromatic carbocycles. The van der Waals surface area contributed by atoms with Crippen molar-refractivity contribution >= 4 is 17.6 Å². The normalized spacial score (nSPS) is 10.7. The molecule has 1 aromatic heterocycles. The van der Waals surface area contributed by atoms with Crippen LogP contribution in [-0.4, -0.2) is 46.7 Å². The van der Waals surface area contributed by atoms with Crippen LogP contribution in [0.4, 0.5) is 5.82 Å². The van der Waals surface area contributed by atoms with Gasteiger partial charge in [-0.05, 0) is 55.2 Å². The highest BCUT2D eigenvalue weighted by Gasteiger charge is 2.22. The highest BCUT2D eigenvalue weighted by atomic mass is 16.5. The van der Waals surface area contributed by atoms with E-state index in [2.05, 4.69) is 5.32 Å². The van der Waals surface area contributed by atoms with Crippen molar-refractivity contribution < 1.29 is 14.3 Å². The number of carbonyl (C=O) groups excluding carboxylic acids is 2. The van der Waals surface area contributed by atoms with E-state index in [0.717, 1.165) is 40.2 Å². The molecular weight excluding hydrogens is 476 g/mol. The van der Waals surface area contributed by atoms with Crippen molar-refractivity contribution in [2.45, 2.75) is 33.1 Å². The molecule has 0 saturated carbocycles. The summed E-state index contributed by atoms with van der Waals surface area (Å²) in [5, 5.41) is 7.84. The summed E-state index contributed by atoms with van der Waals surface area (Å²) < 4.78 is 7.03. The summed E-state index contributed by atoms with van der Waals surface area (Å²) in [7, 11) is 1.62. The smallest absolute Gasteiger partial charge is 0.245 e. The Bertz CT molecular complexity index is 1350. The Kier molecular flexibility index (Phi) is 8.93. The Morgan fingerprint density at radius 2 is 1.61 bits per heavy atom. The Labute approximate surface area is 224 Å². The molecule has 196 valence electrons. The number of aromatic nitrogens is 2. The third-order valence-corrected chi connectivity index (χ3v) is 6.35. The maximum absolute atomic E-state index is 13.4. The molecule has 0 aliphatic heterocycles. The van der Waals surface area contributed by atoms with Gasteiger partial charge in [0, 0.05) is 18.5 Å². The van der Waals surface area contributed by atoms with Gasteiger partial charge in [0.2, 0.25) is 11.8 Å². The van der Waals surface area contributed by atoms with Crippen LogP contribution in [0.15, 0.2) is 84.9 Å². The summed E-state index contributed by atoms with van der Waals surface area (Å²) in [4.78, 5) is 28.1. The van der Waals surface area contributed by atoms with E-state index in [0.29, 0.717) is 25.2 Å². The minimum atomic E-state index is -0.265. The molecule has 4 rings (SSSR count). The lowest BCUT2D eigenvalue weighted by molar-refractivity contribution is -0.134. The van der Waals surface area contributed by atoms with Crippen molar-refractivity contribution in [3.63, 3.8) is 0 Å². The van der Waals surface area contributed by atoms with Gasteiger partial charge in [0.25, 0.3) is 0 Å². The van der Waals surface area contributed by atoms with Crippen LogP contribution < -0.4 is 10.1 Å². The maximum Gasteiger partial charge on any atom is 0.245 e. The number of ether oxygens (including phenoxy) is 1. The first-order valence-corrected chi connectivity index (χ1v) is 12.9. The first-order valence-electron chi connectivity index (χ1n) is 12.9. The molecule has 0 atom stereocenters. The highest BCUT2D eigenvalue weighted by Crippen LogP contribution is 2.33. The molecule has 0 saturated heterocycles. The van der Waals surface area contributed by atoms with Crippen LogP contribution in [0.3, 0.4) is 0 Å². The van der Waals surface area contributed by atoms with E-state index in [1.165, 1.54) is 0 Å². The molecule has 0 radical (unpaired) electrons. The van der Waals surface area contributed by atoms with Gasteiger partial charge in [-0.15, -0.1) is 0 Å². The largest absolute Gasteiger partial charge is 0.497 e. The molecule has 4 aromatic rings. The number of hydrogen-bond donors (Lipinski definition) is 1. The quantitative estimate of drug-likeness (QED) is 0.282. The molecule has 2 amide bonds. The average Bonchev–Trinajstić information content (AvgIpc) is 3.27. The van der Waals surface area contributed by atoms with E-state index in [1.54, 1.807) is 16.7 Å². The van der Waals surface area contributed by atoms with Gasteiger partial charge in [0.1, 0.15) is 11.6 Å². The summed E-state index contributed by atoms with van der Waals surface area (Å²) in [6, 6.07) is 27.3. The van der Waals surface area contributed by atoms with Crippen molar-refractivity contribution in [2.75, 3.05) is 25.5 Å². The number of carbonyl (C=O) groups is 2. The SMILES string of the molecule is CCCN(CC(=O)Nc1c(-c2ccccc2)c(C)nn1-c1ccc(OC)cc1)C(=O)CCc1ccccc1. The van der Waals surface area contributed by atoms with E-state index >= 15 is 0 Å². The molecule has 0 aliphatic rings. The van der Waals surface area contributed by atoms with Crippen molar-refractivity contribution in [2.24, 2.45) is 0 Å². The predicted octanol–water partition coefficient (Wildman–Crippen LogP) is 5.67. The molecule has 0 spiro atoms. The lowest BCUT2D eigenvalue weighted by Crippen LogP contribution is -2.39. The number of nitrogens with one attached hydrogen (secondary N) is 1. The Morgan fingerprint density at radius 3 is 2.24 bits per heavy atom. The van der Waals surface area contributed by atoms with Gasteiger partial charge in [0.05, 0.1) is 25.0 Å². The second kappa shape index (κ2) is 12.7. The van der Waals surface area contributed by atoms with Gasteiger partial charge in [0.15, 0.2) is 0 Å². The van der Waals surface area contributed by atoms with Crippen LogP contribution in [0.2, 0.25) is 0 Å². The minimum Gasteiger partial charge on any atom is -0.497 e. The summed E-state index contributed by atoms with van der Waals surface area (Å²) in [5.41, 5.74) is 4.46. The second-order valence-corrected chi connectivity index (χ2v) is 9.13. The van der Waals surface area contributed by atoms with Gasteiger partial charge >= 0.3 is 0 Å². The average molecular weight is 511 g/mol. The third-order valence-electron chi connectivity index (χ3n) is 6.35. The minimum absolute atomic E-state index is 0.0253. The van der Waals surface area contributed by atoms with E-state index in [4.69, 9.17) is 9.84 Å². The molecule has 38 heavy (non-hydrogen) atoms. The molecule has 0 bridgehead atoms. The van der Waals surface area contributed by atoms with Crippen molar-refractivity contribution in [1.29, 1.82) is 0 Å². The third kappa shape index (κ3) is 6.48. The van der Waals surface area contributed by atoms with Crippen molar-refractivity contribution in [3.05, 3.63) is 96.2 Å². The number of rotatable bonds is 11. The summed E-state index contributed by atoms with van der Waals surface area (Å²) in [5.74, 6) is 1.00. The standard InChI is InChI=1S/C31H34N4O3/c1-4-21-34(29(37)20-15-24-11-7-5-8-12-24)22-28(36)32-31-30(25-13-9-6-10-14-25)23(2)33-35(31)26-16-18-27(38-3)19-17-26/h5-14,16-19H,4,15,20-22H2,1-3H3,(H,32,36). The summed E-state index contributed by atoms with van der Waals surface area (Å²) in [6.07, 6.45) is 1.76. The summed E-state index contributed by atoms with van der Waals surface area (Å²) >= 11 is 0. The van der Waals surface area contributed by atoms with Crippen LogP contribution in [-0.2, 0) is 16.0 Å². The molecule has 0 unspecified atom stereocenters. The van der Waals surface area contributed by atoms with Crippen LogP contribution in [0, 0.1) is 6.92 Å². The Balaban J connectivity index is 1.58. The van der Waals surface area contributed by atoms with E-state index in [-0.39, 0.29) is 18.4 Å². The first kappa shape index (κ1) is 26.7. The van der Waals surface area contributed by atoms with Crippen LogP contribution in [0.5, 0.6) is 5.75 Å². The topological polar surface area (TPSA) is 76.5 Å². The van der Waals surface area contributed by atoms with E-state index in [9.17, 15) is 9.59 Å². The lowest BCUT2D eigenvalue weighted by atomic mass is 10.1. The van der Waals surface area contributed by atoms with Crippen LogP contribution in [0.1, 0.15) is 31.0 Å². The van der Waals surface area contributed by atoms with Gasteiger partial charge in [-0.1, -0.05) is 67.6 Å². The Morgan fingerprint density at radius 1 is 0.947 bits per heavy atom. The number of methoxy groups -OCH3 is 1. The lowest BCUT2D eigenvalue weighted by Gasteiger charge is -2.22. The van der Waals surface area contributed by atoms with E-state index in [1.807, 2.05) is 98.8 Å². The molecule has 1 N–H and O–H groups in total. The first-order chi connectivity index (χ1) is 18.5. The number of aryl methyl sites for hydroxylation is 2. The number of amides is 2. The zero-order valence-corrected chi connectivity index (χ0v) is 22.2. The molecule has 1 heterocycles. The predicted molar refractivity (Wildman–Crippen MR) is 151 cm³/mol. The fourth-order valence-corrected chi connectivity index (χ4v) is 4.46. The van der Waals surface area contributed by atoms with Crippen molar-refractivity contribution in [1.82, 2.24) is 14.7 Å².